The number of rotatable bonds is 10. The lowest BCUT2D eigenvalue weighted by atomic mass is 10.1. The average Bonchev–Trinajstić information content (AvgIpc) is 2.66. The second-order valence-electron chi connectivity index (χ2n) is 6.89. The standard InChI is InChI=1S/C20H33FN2O3/c1-4-22(5-2)14-18(24)15-26-20-12-16(6-7-19(20)25-3)13-23-10-8-17(21)9-11-23/h6-7,12,17-18,24H,4-5,8-11,13-15H2,1-3H3. The van der Waals surface area contributed by atoms with Crippen molar-refractivity contribution in [2.24, 2.45) is 0 Å². The van der Waals surface area contributed by atoms with Crippen LogP contribution in [0.5, 0.6) is 11.5 Å². The third kappa shape index (κ3) is 6.41. The van der Waals surface area contributed by atoms with Gasteiger partial charge in [0.25, 0.3) is 0 Å². The van der Waals surface area contributed by atoms with E-state index in [-0.39, 0.29) is 6.61 Å². The van der Waals surface area contributed by atoms with Gasteiger partial charge in [0.1, 0.15) is 18.9 Å². The van der Waals surface area contributed by atoms with Crippen molar-refractivity contribution in [2.75, 3.05) is 46.4 Å². The molecule has 1 saturated heterocycles. The number of hydrogen-bond acceptors (Lipinski definition) is 5. The maximum Gasteiger partial charge on any atom is 0.161 e. The Hall–Kier alpha value is -1.37. The molecule has 0 saturated carbocycles. The van der Waals surface area contributed by atoms with Gasteiger partial charge in [-0.1, -0.05) is 19.9 Å². The molecule has 1 fully saturated rings. The van der Waals surface area contributed by atoms with Gasteiger partial charge in [0.15, 0.2) is 11.5 Å². The topological polar surface area (TPSA) is 45.2 Å². The number of hydrogen-bond donors (Lipinski definition) is 1. The molecule has 5 nitrogen and oxygen atoms in total. The van der Waals surface area contributed by atoms with Gasteiger partial charge < -0.3 is 19.5 Å². The van der Waals surface area contributed by atoms with Crippen LogP contribution in [0.1, 0.15) is 32.3 Å². The minimum absolute atomic E-state index is 0.226. The predicted molar refractivity (Wildman–Crippen MR) is 102 cm³/mol. The van der Waals surface area contributed by atoms with Crippen LogP contribution >= 0.6 is 0 Å². The molecule has 1 heterocycles. The van der Waals surface area contributed by atoms with Gasteiger partial charge in [-0.3, -0.25) is 4.90 Å². The molecule has 0 radical (unpaired) electrons. The van der Waals surface area contributed by atoms with E-state index in [2.05, 4.69) is 23.6 Å². The van der Waals surface area contributed by atoms with Crippen molar-refractivity contribution >= 4 is 0 Å². The maximum absolute atomic E-state index is 13.3. The van der Waals surface area contributed by atoms with Gasteiger partial charge in [-0.25, -0.2) is 4.39 Å². The molecular weight excluding hydrogens is 335 g/mol. The maximum atomic E-state index is 13.3. The summed E-state index contributed by atoms with van der Waals surface area (Å²) in [5.41, 5.74) is 1.11. The van der Waals surface area contributed by atoms with Crippen molar-refractivity contribution in [3.05, 3.63) is 23.8 Å². The summed E-state index contributed by atoms with van der Waals surface area (Å²) in [5, 5.41) is 10.2. The number of likely N-dealkylation sites (tertiary alicyclic amines) is 1. The van der Waals surface area contributed by atoms with Gasteiger partial charge in [-0.05, 0) is 43.6 Å². The molecular formula is C20H33FN2O3. The number of alkyl halides is 1. The summed E-state index contributed by atoms with van der Waals surface area (Å²) in [6, 6.07) is 5.87. The molecule has 1 atom stereocenters. The third-order valence-corrected chi connectivity index (χ3v) is 4.95. The third-order valence-electron chi connectivity index (χ3n) is 4.95. The van der Waals surface area contributed by atoms with Crippen LogP contribution in [-0.4, -0.2) is 73.6 Å². The zero-order valence-corrected chi connectivity index (χ0v) is 16.3. The number of benzene rings is 1. The first-order valence-electron chi connectivity index (χ1n) is 9.62. The van der Waals surface area contributed by atoms with Crippen molar-refractivity contribution in [1.29, 1.82) is 0 Å². The largest absolute Gasteiger partial charge is 0.493 e. The molecule has 26 heavy (non-hydrogen) atoms. The number of nitrogens with zero attached hydrogens (tertiary/aromatic N) is 2. The fourth-order valence-electron chi connectivity index (χ4n) is 3.27. The van der Waals surface area contributed by atoms with Crippen molar-refractivity contribution in [1.82, 2.24) is 9.80 Å². The van der Waals surface area contributed by atoms with Gasteiger partial charge in [0, 0.05) is 26.2 Å². The molecule has 1 aliphatic heterocycles. The SMILES string of the molecule is CCN(CC)CC(O)COc1cc(CN2CCC(F)CC2)ccc1OC. The Morgan fingerprint density at radius 3 is 2.54 bits per heavy atom. The Labute approximate surface area is 156 Å². The molecule has 0 spiro atoms. The summed E-state index contributed by atoms with van der Waals surface area (Å²) in [5.74, 6) is 1.30. The second-order valence-corrected chi connectivity index (χ2v) is 6.89. The smallest absolute Gasteiger partial charge is 0.161 e. The van der Waals surface area contributed by atoms with Gasteiger partial charge >= 0.3 is 0 Å². The molecule has 1 unspecified atom stereocenters. The summed E-state index contributed by atoms with van der Waals surface area (Å²) in [6.45, 7) is 9.12. The zero-order valence-electron chi connectivity index (χ0n) is 16.3. The van der Waals surface area contributed by atoms with E-state index in [4.69, 9.17) is 9.47 Å². The normalized spacial score (nSPS) is 17.5. The zero-order chi connectivity index (χ0) is 18.9. The highest BCUT2D eigenvalue weighted by Crippen LogP contribution is 2.29. The Kier molecular flexibility index (Phi) is 8.62. The number of halogens is 1. The highest BCUT2D eigenvalue weighted by atomic mass is 19.1. The first kappa shape index (κ1) is 20.9. The van der Waals surface area contributed by atoms with Crippen LogP contribution in [0.25, 0.3) is 0 Å². The van der Waals surface area contributed by atoms with Crippen molar-refractivity contribution < 1.29 is 19.0 Å². The minimum atomic E-state index is -0.659. The van der Waals surface area contributed by atoms with E-state index in [9.17, 15) is 9.50 Å². The fourth-order valence-corrected chi connectivity index (χ4v) is 3.27. The summed E-state index contributed by atoms with van der Waals surface area (Å²) in [4.78, 5) is 4.42. The van der Waals surface area contributed by atoms with Crippen molar-refractivity contribution in [2.45, 2.75) is 45.5 Å². The number of aliphatic hydroxyl groups is 1. The molecule has 1 aromatic rings. The Balaban J connectivity index is 1.93. The second kappa shape index (κ2) is 10.7. The summed E-state index contributed by atoms with van der Waals surface area (Å²) in [6.07, 6.45) is 0.00820. The summed E-state index contributed by atoms with van der Waals surface area (Å²) in [7, 11) is 1.61. The highest BCUT2D eigenvalue weighted by Gasteiger charge is 2.19. The van der Waals surface area contributed by atoms with Crippen molar-refractivity contribution in [3.8, 4) is 11.5 Å². The molecule has 1 aliphatic rings. The van der Waals surface area contributed by atoms with Crippen molar-refractivity contribution in [3.63, 3.8) is 0 Å². The molecule has 0 bridgehead atoms. The highest BCUT2D eigenvalue weighted by molar-refractivity contribution is 5.43. The van der Waals surface area contributed by atoms with E-state index < -0.39 is 12.3 Å². The monoisotopic (exact) mass is 368 g/mol. The molecule has 2 rings (SSSR count). The molecule has 0 aliphatic carbocycles. The van der Waals surface area contributed by atoms with E-state index in [1.807, 2.05) is 18.2 Å². The quantitative estimate of drug-likeness (QED) is 0.688. The summed E-state index contributed by atoms with van der Waals surface area (Å²) >= 11 is 0. The van der Waals surface area contributed by atoms with Crippen LogP contribution in [0, 0.1) is 0 Å². The van der Waals surface area contributed by atoms with Gasteiger partial charge in [0.2, 0.25) is 0 Å². The molecule has 148 valence electrons. The average molecular weight is 368 g/mol. The number of methoxy groups -OCH3 is 1. The molecule has 0 amide bonds. The first-order valence-corrected chi connectivity index (χ1v) is 9.62. The number of likely N-dealkylation sites (N-methyl/N-ethyl adjacent to an activating group) is 1. The van der Waals surface area contributed by atoms with Gasteiger partial charge in [-0.15, -0.1) is 0 Å². The molecule has 6 heteroatoms. The van der Waals surface area contributed by atoms with Crippen LogP contribution < -0.4 is 9.47 Å². The molecule has 1 N–H and O–H groups in total. The number of ether oxygens (including phenoxy) is 2. The Morgan fingerprint density at radius 2 is 1.92 bits per heavy atom. The fraction of sp³-hybridized carbons (Fsp3) is 0.700. The Bertz CT molecular complexity index is 532. The van der Waals surface area contributed by atoms with E-state index in [0.29, 0.717) is 30.9 Å². The predicted octanol–water partition coefficient (Wildman–Crippen LogP) is 2.71. The molecule has 1 aromatic carbocycles. The lowest BCUT2D eigenvalue weighted by Crippen LogP contribution is -2.35. The van der Waals surface area contributed by atoms with Crippen LogP contribution in [-0.2, 0) is 6.54 Å². The van der Waals surface area contributed by atoms with Gasteiger partial charge in [-0.2, -0.15) is 0 Å². The van der Waals surface area contributed by atoms with E-state index >= 15 is 0 Å². The van der Waals surface area contributed by atoms with Crippen LogP contribution in [0.2, 0.25) is 0 Å². The number of aliphatic hydroxyl groups excluding tert-OH is 1. The Morgan fingerprint density at radius 1 is 1.23 bits per heavy atom. The van der Waals surface area contributed by atoms with E-state index in [0.717, 1.165) is 38.3 Å². The lowest BCUT2D eigenvalue weighted by Gasteiger charge is -2.28. The minimum Gasteiger partial charge on any atom is -0.493 e. The molecule has 0 aromatic heterocycles. The first-order chi connectivity index (χ1) is 12.5. The van der Waals surface area contributed by atoms with Crippen LogP contribution in [0.4, 0.5) is 4.39 Å². The van der Waals surface area contributed by atoms with E-state index in [1.54, 1.807) is 7.11 Å². The van der Waals surface area contributed by atoms with E-state index in [1.165, 1.54) is 0 Å². The van der Waals surface area contributed by atoms with Gasteiger partial charge in [0.05, 0.1) is 7.11 Å². The number of piperidine rings is 1. The van der Waals surface area contributed by atoms with Crippen LogP contribution in [0.15, 0.2) is 18.2 Å². The summed E-state index contributed by atoms with van der Waals surface area (Å²) < 4.78 is 24.5. The van der Waals surface area contributed by atoms with Crippen LogP contribution in [0.3, 0.4) is 0 Å². The lowest BCUT2D eigenvalue weighted by molar-refractivity contribution is 0.0705.